The lowest BCUT2D eigenvalue weighted by Gasteiger charge is -2.58. The van der Waals surface area contributed by atoms with Crippen molar-refractivity contribution in [2.45, 2.75) is 219 Å². The van der Waals surface area contributed by atoms with Gasteiger partial charge in [-0.25, -0.2) is 0 Å². The van der Waals surface area contributed by atoms with E-state index in [1.54, 1.807) is 0 Å². The van der Waals surface area contributed by atoms with Gasteiger partial charge < -0.3 is 37.0 Å². The van der Waals surface area contributed by atoms with Gasteiger partial charge in [-0.1, -0.05) is 89.9 Å². The van der Waals surface area contributed by atoms with E-state index in [2.05, 4.69) is 0 Å². The number of rotatable bonds is 7. The van der Waals surface area contributed by atoms with Crippen LogP contribution < -0.4 is 0 Å². The van der Waals surface area contributed by atoms with E-state index in [1.807, 2.05) is 0 Å². The minimum Gasteiger partial charge on any atom is -0.393 e. The molecule has 10 rings (SSSR count). The first-order chi connectivity index (χ1) is 25.1. The number of hydrogen-bond acceptors (Lipinski definition) is 9. The van der Waals surface area contributed by atoms with Gasteiger partial charge in [-0.3, -0.25) is 0 Å². The van der Waals surface area contributed by atoms with Crippen LogP contribution >= 0.6 is 0 Å². The van der Waals surface area contributed by atoms with Crippen molar-refractivity contribution in [3.8, 4) is 0 Å². The number of hydrogen-bond donors (Lipinski definition) is 0. The third-order valence-electron chi connectivity index (χ3n) is 14.8. The lowest BCUT2D eigenvalue weighted by molar-refractivity contribution is 0.0372. The molecule has 3 radical (unpaired) electrons. The normalized spacial score (nSPS) is 43.1. The molecule has 0 aromatic carbocycles. The summed E-state index contributed by atoms with van der Waals surface area (Å²) in [5.74, 6) is 0. The SMILES string of the molecule is C1CCC([Si]2O[Si]3(C4CCCC4)O[Si](C4CCCC4)O[Si]4(C5CCCC5)O[Si](C5CCCC5)O[Si](C5CCCC5)(O2)O[Si](C2CCCC2)(O3)O4)C1. The molecule has 4 bridgehead atoms. The molecule has 0 amide bonds. The second-order valence-corrected chi connectivity index (χ2v) is 38.0. The molecule has 10 fully saturated rings. The Morgan fingerprint density at radius 2 is 0.451 bits per heavy atom. The maximum absolute atomic E-state index is 8.22. The van der Waals surface area contributed by atoms with Gasteiger partial charge in [0.05, 0.1) is 0 Å². The van der Waals surface area contributed by atoms with Crippen molar-refractivity contribution in [3.63, 3.8) is 0 Å². The molecule has 16 heteroatoms. The molecule has 0 spiro atoms. The summed E-state index contributed by atoms with van der Waals surface area (Å²) in [4.78, 5) is 0. The summed E-state index contributed by atoms with van der Waals surface area (Å²) in [6.07, 6.45) is 33.1. The number of fused-ring (bicyclic) bond motifs is 3. The average Bonchev–Trinajstić information content (AvgIpc) is 3.99. The van der Waals surface area contributed by atoms with E-state index in [0.717, 1.165) is 51.4 Å². The smallest absolute Gasteiger partial charge is 0.393 e. The highest BCUT2D eigenvalue weighted by atomic mass is 28.6. The van der Waals surface area contributed by atoms with Crippen molar-refractivity contribution in [1.29, 1.82) is 0 Å². The van der Waals surface area contributed by atoms with Crippen molar-refractivity contribution in [1.82, 2.24) is 0 Å². The second kappa shape index (κ2) is 15.2. The summed E-state index contributed by atoms with van der Waals surface area (Å²) >= 11 is 0. The standard InChI is InChI=1S/C35H63O9Si7/c1-2-16-29(15-1)45-36-48(32-21-7-8-22-32)38-46(30-17-3-4-18-30)40-50(34-25-11-12-26-34)41-47(31-19-5-6-20-31)39-49(37-45,33-23-9-10-24-33)43-51(42-48,44-50)35-27-13-14-28-35/h29-35H,1-28H2. The zero-order chi connectivity index (χ0) is 33.9. The van der Waals surface area contributed by atoms with E-state index in [-0.39, 0.29) is 22.2 Å². The van der Waals surface area contributed by atoms with Crippen molar-refractivity contribution in [3.05, 3.63) is 0 Å². The van der Waals surface area contributed by atoms with E-state index >= 15 is 0 Å². The predicted molar refractivity (Wildman–Crippen MR) is 206 cm³/mol. The molecule has 0 aromatic heterocycles. The Bertz CT molecular complexity index is 1050. The fraction of sp³-hybridized carbons (Fsp3) is 1.00. The van der Waals surface area contributed by atoms with Gasteiger partial charge in [0.2, 0.25) is 0 Å². The van der Waals surface area contributed by atoms with Gasteiger partial charge in [-0.15, -0.1) is 0 Å². The molecule has 7 aliphatic carbocycles. The first-order valence-corrected chi connectivity index (χ1v) is 33.3. The highest BCUT2D eigenvalue weighted by Gasteiger charge is 2.77. The predicted octanol–water partition coefficient (Wildman–Crippen LogP) is 10.0. The topological polar surface area (TPSA) is 83.1 Å². The monoisotopic (exact) mass is 823 g/mol. The van der Waals surface area contributed by atoms with Crippen LogP contribution in [0.15, 0.2) is 0 Å². The highest BCUT2D eigenvalue weighted by molar-refractivity contribution is 6.96. The Morgan fingerprint density at radius 1 is 0.255 bits per heavy atom. The Hall–Kier alpha value is 1.16. The molecule has 0 unspecified atom stereocenters. The average molecular weight is 824 g/mol. The zero-order valence-electron chi connectivity index (χ0n) is 31.0. The maximum atomic E-state index is 8.22. The minimum atomic E-state index is -3.60. The van der Waals surface area contributed by atoms with E-state index in [0.29, 0.717) is 16.6 Å². The summed E-state index contributed by atoms with van der Waals surface area (Å²) in [5, 5.41) is 0. The summed E-state index contributed by atoms with van der Waals surface area (Å²) in [5.41, 5.74) is 2.29. The first kappa shape index (κ1) is 36.5. The van der Waals surface area contributed by atoms with Crippen molar-refractivity contribution < 1.29 is 37.0 Å². The molecule has 9 nitrogen and oxygen atoms in total. The van der Waals surface area contributed by atoms with E-state index < -0.39 is 63.1 Å². The van der Waals surface area contributed by atoms with E-state index in [1.165, 1.54) is 128 Å². The third-order valence-corrected chi connectivity index (χ3v) is 43.3. The Kier molecular flexibility index (Phi) is 10.8. The van der Waals surface area contributed by atoms with Crippen LogP contribution in [0.5, 0.6) is 0 Å². The quantitative estimate of drug-likeness (QED) is 0.233. The van der Waals surface area contributed by atoms with Crippen LogP contribution in [0, 0.1) is 0 Å². The van der Waals surface area contributed by atoms with E-state index in [9.17, 15) is 0 Å². The molecule has 3 aliphatic heterocycles. The van der Waals surface area contributed by atoms with Gasteiger partial charge in [-0.05, 0) is 89.9 Å². The first-order valence-electron chi connectivity index (χ1n) is 21.9. The van der Waals surface area contributed by atoms with Crippen molar-refractivity contribution in [2.75, 3.05) is 0 Å². The maximum Gasteiger partial charge on any atom is 0.482 e. The van der Waals surface area contributed by atoms with Gasteiger partial charge in [0.1, 0.15) is 0 Å². The molecular weight excluding hydrogens is 761 g/mol. The minimum absolute atomic E-state index is 0.208. The van der Waals surface area contributed by atoms with Crippen molar-refractivity contribution >= 4 is 63.1 Å². The third kappa shape index (κ3) is 6.87. The van der Waals surface area contributed by atoms with Gasteiger partial charge in [0.25, 0.3) is 0 Å². The molecular formula is C35H63O9Si7. The van der Waals surface area contributed by atoms with Crippen LogP contribution in [-0.4, -0.2) is 63.1 Å². The van der Waals surface area contributed by atoms with Crippen LogP contribution in [0.25, 0.3) is 0 Å². The molecule has 10 aliphatic rings. The van der Waals surface area contributed by atoms with Crippen LogP contribution in [0.1, 0.15) is 180 Å². The molecule has 3 saturated heterocycles. The lowest BCUT2D eigenvalue weighted by Crippen LogP contribution is -2.80. The fourth-order valence-corrected chi connectivity index (χ4v) is 50.6. The fourth-order valence-electron chi connectivity index (χ4n) is 11.9. The summed E-state index contributed by atoms with van der Waals surface area (Å²) in [6, 6.07) is 0. The lowest BCUT2D eigenvalue weighted by atomic mass is 10.4. The molecule has 285 valence electrons. The summed E-state index contributed by atoms with van der Waals surface area (Å²) in [6.45, 7) is 0. The zero-order valence-corrected chi connectivity index (χ0v) is 38.0. The van der Waals surface area contributed by atoms with Gasteiger partial charge in [0, 0.05) is 38.8 Å². The molecule has 51 heavy (non-hydrogen) atoms. The molecule has 7 saturated carbocycles. The Morgan fingerprint density at radius 3 is 0.686 bits per heavy atom. The van der Waals surface area contributed by atoms with Gasteiger partial charge in [-0.2, -0.15) is 0 Å². The molecule has 0 atom stereocenters. The van der Waals surface area contributed by atoms with Crippen molar-refractivity contribution in [2.24, 2.45) is 0 Å². The highest BCUT2D eigenvalue weighted by Crippen LogP contribution is 2.59. The Labute approximate surface area is 317 Å². The van der Waals surface area contributed by atoms with Crippen LogP contribution in [-0.2, 0) is 37.0 Å². The van der Waals surface area contributed by atoms with Gasteiger partial charge >= 0.3 is 63.1 Å². The summed E-state index contributed by atoms with van der Waals surface area (Å²) < 4.78 is 72.4. The van der Waals surface area contributed by atoms with Gasteiger partial charge in [0.15, 0.2) is 0 Å². The largest absolute Gasteiger partial charge is 0.482 e. The van der Waals surface area contributed by atoms with Crippen LogP contribution in [0.2, 0.25) is 38.8 Å². The second-order valence-electron chi connectivity index (χ2n) is 18.2. The van der Waals surface area contributed by atoms with E-state index in [4.69, 9.17) is 37.0 Å². The molecule has 0 aromatic rings. The van der Waals surface area contributed by atoms with Crippen LogP contribution in [0.4, 0.5) is 0 Å². The Balaban J connectivity index is 1.19. The molecule has 3 heterocycles. The summed E-state index contributed by atoms with van der Waals surface area (Å²) in [7, 11) is -19.4. The van der Waals surface area contributed by atoms with Crippen LogP contribution in [0.3, 0.4) is 0 Å². The molecule has 0 N–H and O–H groups in total.